The minimum absolute atomic E-state index is 0.285. The molecule has 20 heavy (non-hydrogen) atoms. The highest BCUT2D eigenvalue weighted by Crippen LogP contribution is 2.32. The fraction of sp³-hybridized carbons (Fsp3) is 0.214. The number of rotatable bonds is 3. The molecule has 0 bridgehead atoms. The Balaban J connectivity index is 2.29. The largest absolute Gasteiger partial charge is 0.480 e. The maximum atomic E-state index is 12.1. The molecule has 1 aromatic rings. The SMILES string of the molecule is Cc1cc(C)cc(C=C2SC(=S)N(CC(=O)O)C2=O)c1. The van der Waals surface area contributed by atoms with Crippen molar-refractivity contribution in [3.63, 3.8) is 0 Å². The number of thiocarbonyl (C=S) groups is 1. The average Bonchev–Trinajstić information content (AvgIpc) is 2.55. The quantitative estimate of drug-likeness (QED) is 0.687. The summed E-state index contributed by atoms with van der Waals surface area (Å²) in [6.07, 6.45) is 1.75. The summed E-state index contributed by atoms with van der Waals surface area (Å²) >= 11 is 6.18. The first-order chi connectivity index (χ1) is 9.36. The zero-order valence-electron chi connectivity index (χ0n) is 11.0. The van der Waals surface area contributed by atoms with Gasteiger partial charge in [-0.05, 0) is 25.5 Å². The van der Waals surface area contributed by atoms with Gasteiger partial charge in [-0.15, -0.1) is 0 Å². The van der Waals surface area contributed by atoms with Gasteiger partial charge >= 0.3 is 5.97 Å². The van der Waals surface area contributed by atoms with Gasteiger partial charge in [-0.2, -0.15) is 0 Å². The molecule has 1 amide bonds. The summed E-state index contributed by atoms with van der Waals surface area (Å²) < 4.78 is 0.285. The van der Waals surface area contributed by atoms with E-state index in [1.165, 1.54) is 0 Å². The van der Waals surface area contributed by atoms with Crippen LogP contribution in [0.2, 0.25) is 0 Å². The Labute approximate surface area is 126 Å². The van der Waals surface area contributed by atoms with Crippen LogP contribution in [0, 0.1) is 13.8 Å². The summed E-state index contributed by atoms with van der Waals surface area (Å²) in [5.41, 5.74) is 3.13. The van der Waals surface area contributed by atoms with Crippen LogP contribution in [0.3, 0.4) is 0 Å². The van der Waals surface area contributed by atoms with Crippen LogP contribution < -0.4 is 0 Å². The molecule has 0 spiro atoms. The van der Waals surface area contributed by atoms with E-state index in [4.69, 9.17) is 17.3 Å². The molecule has 6 heteroatoms. The Kier molecular flexibility index (Phi) is 4.25. The van der Waals surface area contributed by atoms with Gasteiger partial charge in [0.25, 0.3) is 5.91 Å². The van der Waals surface area contributed by atoms with E-state index < -0.39 is 12.5 Å². The highest BCUT2D eigenvalue weighted by molar-refractivity contribution is 8.26. The molecule has 1 heterocycles. The number of hydrogen-bond acceptors (Lipinski definition) is 4. The Bertz CT molecular complexity index is 617. The van der Waals surface area contributed by atoms with Crippen LogP contribution in [0.1, 0.15) is 16.7 Å². The summed E-state index contributed by atoms with van der Waals surface area (Å²) in [7, 11) is 0. The number of carboxylic acid groups (broad SMARTS) is 1. The van der Waals surface area contributed by atoms with Gasteiger partial charge in [0.2, 0.25) is 0 Å². The van der Waals surface area contributed by atoms with Crippen LogP contribution in [-0.2, 0) is 9.59 Å². The number of carbonyl (C=O) groups is 2. The van der Waals surface area contributed by atoms with Gasteiger partial charge in [0, 0.05) is 0 Å². The van der Waals surface area contributed by atoms with Gasteiger partial charge in [0.05, 0.1) is 4.91 Å². The molecule has 0 unspecified atom stereocenters. The molecule has 1 aromatic carbocycles. The zero-order chi connectivity index (χ0) is 14.9. The van der Waals surface area contributed by atoms with E-state index in [1.807, 2.05) is 32.0 Å². The number of carbonyl (C=O) groups excluding carboxylic acids is 1. The molecule has 0 radical (unpaired) electrons. The summed E-state index contributed by atoms with van der Waals surface area (Å²) in [5.74, 6) is -1.42. The molecule has 1 N–H and O–H groups in total. The zero-order valence-corrected chi connectivity index (χ0v) is 12.7. The Morgan fingerprint density at radius 1 is 1.35 bits per heavy atom. The van der Waals surface area contributed by atoms with Crippen molar-refractivity contribution in [3.8, 4) is 0 Å². The minimum Gasteiger partial charge on any atom is -0.480 e. The third kappa shape index (κ3) is 3.26. The molecule has 0 atom stereocenters. The summed E-state index contributed by atoms with van der Waals surface area (Å²) in [5, 5.41) is 8.78. The molecule has 4 nitrogen and oxygen atoms in total. The van der Waals surface area contributed by atoms with E-state index in [1.54, 1.807) is 6.08 Å². The fourth-order valence-corrected chi connectivity index (χ4v) is 3.27. The Hall–Kier alpha value is -1.66. The maximum absolute atomic E-state index is 12.1. The lowest BCUT2D eigenvalue weighted by atomic mass is 10.1. The second-order valence-electron chi connectivity index (χ2n) is 4.58. The van der Waals surface area contributed by atoms with Crippen LogP contribution >= 0.6 is 24.0 Å². The second-order valence-corrected chi connectivity index (χ2v) is 6.26. The lowest BCUT2D eigenvalue weighted by Gasteiger charge is -2.10. The van der Waals surface area contributed by atoms with E-state index in [-0.39, 0.29) is 10.2 Å². The van der Waals surface area contributed by atoms with Crippen molar-refractivity contribution in [2.75, 3.05) is 6.54 Å². The van der Waals surface area contributed by atoms with Crippen LogP contribution in [0.4, 0.5) is 0 Å². The number of aryl methyl sites for hydroxylation is 2. The third-order valence-corrected chi connectivity index (χ3v) is 4.09. The normalized spacial score (nSPS) is 17.1. The number of amides is 1. The number of nitrogens with zero attached hydrogens (tertiary/aromatic N) is 1. The summed E-state index contributed by atoms with van der Waals surface area (Å²) in [6.45, 7) is 3.58. The molecule has 1 aliphatic rings. The van der Waals surface area contributed by atoms with Crippen LogP contribution in [-0.4, -0.2) is 32.7 Å². The van der Waals surface area contributed by atoms with Gasteiger partial charge in [0.1, 0.15) is 10.9 Å². The van der Waals surface area contributed by atoms with Crippen LogP contribution in [0.15, 0.2) is 23.1 Å². The minimum atomic E-state index is -1.08. The lowest BCUT2D eigenvalue weighted by molar-refractivity contribution is -0.140. The highest BCUT2D eigenvalue weighted by atomic mass is 32.2. The molecule has 1 fully saturated rings. The van der Waals surface area contributed by atoms with Crippen LogP contribution in [0.25, 0.3) is 6.08 Å². The van der Waals surface area contributed by atoms with Crippen molar-refractivity contribution in [2.45, 2.75) is 13.8 Å². The van der Waals surface area contributed by atoms with Crippen molar-refractivity contribution in [3.05, 3.63) is 39.8 Å². The van der Waals surface area contributed by atoms with E-state index >= 15 is 0 Å². The Morgan fingerprint density at radius 2 is 1.95 bits per heavy atom. The first-order valence-electron chi connectivity index (χ1n) is 5.92. The third-order valence-electron chi connectivity index (χ3n) is 2.71. The van der Waals surface area contributed by atoms with Gasteiger partial charge < -0.3 is 5.11 Å². The predicted molar refractivity (Wildman–Crippen MR) is 83.4 cm³/mol. The number of aliphatic carboxylic acids is 1. The molecule has 1 aliphatic heterocycles. The van der Waals surface area contributed by atoms with Crippen molar-refractivity contribution in [1.82, 2.24) is 4.90 Å². The van der Waals surface area contributed by atoms with Gasteiger partial charge in [0.15, 0.2) is 0 Å². The fourth-order valence-electron chi connectivity index (χ4n) is 2.02. The first-order valence-corrected chi connectivity index (χ1v) is 7.15. The van der Waals surface area contributed by atoms with E-state index in [0.717, 1.165) is 33.4 Å². The monoisotopic (exact) mass is 307 g/mol. The smallest absolute Gasteiger partial charge is 0.323 e. The predicted octanol–water partition coefficient (Wildman–Crippen LogP) is 2.59. The van der Waals surface area contributed by atoms with E-state index in [0.29, 0.717) is 4.91 Å². The molecule has 0 aromatic heterocycles. The van der Waals surface area contributed by atoms with Crippen molar-refractivity contribution < 1.29 is 14.7 Å². The van der Waals surface area contributed by atoms with Gasteiger partial charge in [-0.1, -0.05) is 53.3 Å². The molecule has 0 saturated carbocycles. The molecular weight excluding hydrogens is 294 g/mol. The molecular formula is C14H13NO3S2. The highest BCUT2D eigenvalue weighted by Gasteiger charge is 2.33. The Morgan fingerprint density at radius 3 is 2.50 bits per heavy atom. The second kappa shape index (κ2) is 5.76. The number of thioether (sulfide) groups is 1. The lowest BCUT2D eigenvalue weighted by Crippen LogP contribution is -2.33. The van der Waals surface area contributed by atoms with Crippen molar-refractivity contribution in [1.29, 1.82) is 0 Å². The van der Waals surface area contributed by atoms with E-state index in [9.17, 15) is 9.59 Å². The maximum Gasteiger partial charge on any atom is 0.323 e. The first kappa shape index (κ1) is 14.7. The topological polar surface area (TPSA) is 57.6 Å². The molecule has 1 saturated heterocycles. The van der Waals surface area contributed by atoms with Crippen molar-refractivity contribution >= 4 is 46.3 Å². The van der Waals surface area contributed by atoms with Gasteiger partial charge in [-0.25, -0.2) is 0 Å². The standard InChI is InChI=1S/C14H13NO3S2/c1-8-3-9(2)5-10(4-8)6-11-13(18)15(7-12(16)17)14(19)20-11/h3-6H,7H2,1-2H3,(H,16,17). The molecule has 2 rings (SSSR count). The van der Waals surface area contributed by atoms with Crippen LogP contribution in [0.5, 0.6) is 0 Å². The average molecular weight is 307 g/mol. The van der Waals surface area contributed by atoms with Gasteiger partial charge in [-0.3, -0.25) is 14.5 Å². The number of carboxylic acids is 1. The number of hydrogen-bond donors (Lipinski definition) is 1. The molecule has 0 aliphatic carbocycles. The summed E-state index contributed by atoms with van der Waals surface area (Å²) in [4.78, 5) is 24.4. The van der Waals surface area contributed by atoms with E-state index in [2.05, 4.69) is 0 Å². The number of benzene rings is 1. The summed E-state index contributed by atoms with van der Waals surface area (Å²) in [6, 6.07) is 5.99. The van der Waals surface area contributed by atoms with Crippen molar-refractivity contribution in [2.24, 2.45) is 0 Å². The molecule has 104 valence electrons.